The Kier molecular flexibility index (Phi) is 7.43. The Morgan fingerprint density at radius 2 is 1.81 bits per heavy atom. The van der Waals surface area contributed by atoms with Crippen molar-refractivity contribution in [2.24, 2.45) is 0 Å². The molecule has 0 fully saturated rings. The fraction of sp³-hybridized carbons (Fsp3) is 0.500. The van der Waals surface area contributed by atoms with Gasteiger partial charge in [0.25, 0.3) is 0 Å². The minimum absolute atomic E-state index is 0.0137. The van der Waals surface area contributed by atoms with Crippen molar-refractivity contribution in [3.8, 4) is 0 Å². The van der Waals surface area contributed by atoms with Crippen molar-refractivity contribution in [2.75, 3.05) is 13.1 Å². The van der Waals surface area contributed by atoms with E-state index >= 15 is 0 Å². The summed E-state index contributed by atoms with van der Waals surface area (Å²) >= 11 is 0. The normalized spacial score (nSPS) is 10.4. The Balaban J connectivity index is 2.56. The van der Waals surface area contributed by atoms with E-state index in [1.807, 2.05) is 6.92 Å². The smallest absolute Gasteiger partial charge is 0.305 e. The zero-order valence-corrected chi connectivity index (χ0v) is 12.3. The summed E-state index contributed by atoms with van der Waals surface area (Å²) in [4.78, 5) is 24.3. The fourth-order valence-electron chi connectivity index (χ4n) is 1.99. The number of carbonyl (C=O) groups excluding carboxylic acids is 1. The number of unbranched alkanes of at least 4 members (excludes halogenated alkanes) is 1. The van der Waals surface area contributed by atoms with E-state index < -0.39 is 5.97 Å². The van der Waals surface area contributed by atoms with Gasteiger partial charge in [0, 0.05) is 19.5 Å². The molecule has 1 aromatic rings. The highest BCUT2D eigenvalue weighted by Crippen LogP contribution is 2.07. The lowest BCUT2D eigenvalue weighted by Gasteiger charge is -2.22. The molecule has 0 spiro atoms. The standard InChI is InChI=1S/C16H22FNO3/c1-2-3-4-15(19)18(12-10-16(20)21)11-9-13-5-7-14(17)8-6-13/h5-8H,2-4,9-12H2,1H3,(H,20,21). The third kappa shape index (κ3) is 6.88. The largest absolute Gasteiger partial charge is 0.481 e. The molecule has 1 amide bonds. The number of amides is 1. The van der Waals surface area contributed by atoms with Crippen LogP contribution < -0.4 is 0 Å². The maximum Gasteiger partial charge on any atom is 0.305 e. The van der Waals surface area contributed by atoms with E-state index in [4.69, 9.17) is 5.11 Å². The van der Waals surface area contributed by atoms with Gasteiger partial charge in [-0.2, -0.15) is 0 Å². The lowest BCUT2D eigenvalue weighted by Crippen LogP contribution is -2.34. The third-order valence-electron chi connectivity index (χ3n) is 3.28. The number of benzene rings is 1. The number of nitrogens with zero attached hydrogens (tertiary/aromatic N) is 1. The minimum atomic E-state index is -0.912. The van der Waals surface area contributed by atoms with E-state index in [1.165, 1.54) is 12.1 Å². The van der Waals surface area contributed by atoms with Crippen molar-refractivity contribution < 1.29 is 19.1 Å². The van der Waals surface area contributed by atoms with Gasteiger partial charge in [-0.05, 0) is 30.5 Å². The number of hydrogen-bond donors (Lipinski definition) is 1. The molecule has 0 radical (unpaired) electrons. The highest BCUT2D eigenvalue weighted by Gasteiger charge is 2.14. The van der Waals surface area contributed by atoms with Crippen LogP contribution in [0.25, 0.3) is 0 Å². The molecule has 5 heteroatoms. The Bertz CT molecular complexity index is 459. The maximum absolute atomic E-state index is 12.8. The molecule has 0 aliphatic carbocycles. The van der Waals surface area contributed by atoms with Gasteiger partial charge in [-0.15, -0.1) is 0 Å². The zero-order chi connectivity index (χ0) is 15.7. The van der Waals surface area contributed by atoms with Crippen LogP contribution in [0.2, 0.25) is 0 Å². The fourth-order valence-corrected chi connectivity index (χ4v) is 1.99. The molecule has 0 bridgehead atoms. The Labute approximate surface area is 124 Å². The molecule has 0 aliphatic rings. The zero-order valence-electron chi connectivity index (χ0n) is 12.3. The van der Waals surface area contributed by atoms with Crippen molar-refractivity contribution in [3.63, 3.8) is 0 Å². The van der Waals surface area contributed by atoms with Crippen LogP contribution in [0, 0.1) is 5.82 Å². The number of hydrogen-bond acceptors (Lipinski definition) is 2. The Morgan fingerprint density at radius 3 is 2.38 bits per heavy atom. The van der Waals surface area contributed by atoms with Crippen LogP contribution in [-0.4, -0.2) is 35.0 Å². The van der Waals surface area contributed by atoms with Crippen molar-refractivity contribution >= 4 is 11.9 Å². The molecule has 21 heavy (non-hydrogen) atoms. The highest BCUT2D eigenvalue weighted by atomic mass is 19.1. The first-order chi connectivity index (χ1) is 10.0. The van der Waals surface area contributed by atoms with Crippen LogP contribution >= 0.6 is 0 Å². The first kappa shape index (κ1) is 17.1. The minimum Gasteiger partial charge on any atom is -0.481 e. The summed E-state index contributed by atoms with van der Waals surface area (Å²) in [5, 5.41) is 8.76. The predicted octanol–water partition coefficient (Wildman–Crippen LogP) is 2.86. The molecule has 0 saturated heterocycles. The highest BCUT2D eigenvalue weighted by molar-refractivity contribution is 5.77. The molecule has 0 aliphatic heterocycles. The predicted molar refractivity (Wildman–Crippen MR) is 78.5 cm³/mol. The first-order valence-electron chi connectivity index (χ1n) is 7.27. The van der Waals surface area contributed by atoms with Crippen molar-refractivity contribution in [1.82, 2.24) is 4.90 Å². The molecular formula is C16H22FNO3. The summed E-state index contributed by atoms with van der Waals surface area (Å²) in [5.74, 6) is -1.22. The van der Waals surface area contributed by atoms with E-state index in [9.17, 15) is 14.0 Å². The average molecular weight is 295 g/mol. The van der Waals surface area contributed by atoms with Gasteiger partial charge in [0.05, 0.1) is 6.42 Å². The number of rotatable bonds is 9. The average Bonchev–Trinajstić information content (AvgIpc) is 2.46. The number of carboxylic acids is 1. The van der Waals surface area contributed by atoms with Crippen LogP contribution in [0.15, 0.2) is 24.3 Å². The van der Waals surface area contributed by atoms with E-state index in [0.717, 1.165) is 18.4 Å². The van der Waals surface area contributed by atoms with Gasteiger partial charge in [0.2, 0.25) is 5.91 Å². The second kappa shape index (κ2) is 9.10. The summed E-state index contributed by atoms with van der Waals surface area (Å²) in [6.45, 7) is 2.69. The van der Waals surface area contributed by atoms with Gasteiger partial charge >= 0.3 is 5.97 Å². The van der Waals surface area contributed by atoms with E-state index in [0.29, 0.717) is 19.4 Å². The summed E-state index contributed by atoms with van der Waals surface area (Å²) in [5.41, 5.74) is 0.931. The molecular weight excluding hydrogens is 273 g/mol. The van der Waals surface area contributed by atoms with E-state index in [2.05, 4.69) is 0 Å². The van der Waals surface area contributed by atoms with Crippen LogP contribution in [-0.2, 0) is 16.0 Å². The Hall–Kier alpha value is -1.91. The summed E-state index contributed by atoms with van der Waals surface area (Å²) < 4.78 is 12.8. The summed E-state index contributed by atoms with van der Waals surface area (Å²) in [7, 11) is 0. The van der Waals surface area contributed by atoms with Gasteiger partial charge in [0.15, 0.2) is 0 Å². The molecule has 4 nitrogen and oxygen atoms in total. The van der Waals surface area contributed by atoms with Gasteiger partial charge in [-0.3, -0.25) is 9.59 Å². The quantitative estimate of drug-likeness (QED) is 0.762. The molecule has 1 aromatic carbocycles. The summed E-state index contributed by atoms with van der Waals surface area (Å²) in [6.07, 6.45) is 2.72. The Morgan fingerprint density at radius 1 is 1.14 bits per heavy atom. The SMILES string of the molecule is CCCCC(=O)N(CCC(=O)O)CCc1ccc(F)cc1. The second-order valence-corrected chi connectivity index (χ2v) is 5.00. The lowest BCUT2D eigenvalue weighted by molar-refractivity contribution is -0.138. The van der Waals surface area contributed by atoms with Gasteiger partial charge in [-0.1, -0.05) is 25.5 Å². The lowest BCUT2D eigenvalue weighted by atomic mass is 10.1. The topological polar surface area (TPSA) is 57.6 Å². The van der Waals surface area contributed by atoms with Crippen LogP contribution in [0.4, 0.5) is 4.39 Å². The molecule has 0 saturated carbocycles. The first-order valence-corrected chi connectivity index (χ1v) is 7.27. The molecule has 116 valence electrons. The molecule has 0 unspecified atom stereocenters. The number of aliphatic carboxylic acids is 1. The second-order valence-electron chi connectivity index (χ2n) is 5.00. The van der Waals surface area contributed by atoms with Crippen molar-refractivity contribution in [1.29, 1.82) is 0 Å². The molecule has 1 rings (SSSR count). The van der Waals surface area contributed by atoms with Crippen molar-refractivity contribution in [3.05, 3.63) is 35.6 Å². The maximum atomic E-state index is 12.8. The summed E-state index contributed by atoms with van der Waals surface area (Å²) in [6, 6.07) is 6.13. The van der Waals surface area contributed by atoms with E-state index in [-0.39, 0.29) is 24.7 Å². The molecule has 0 heterocycles. The molecule has 1 N–H and O–H groups in total. The third-order valence-corrected chi connectivity index (χ3v) is 3.28. The number of carbonyl (C=O) groups is 2. The van der Waals surface area contributed by atoms with Gasteiger partial charge < -0.3 is 10.0 Å². The monoisotopic (exact) mass is 295 g/mol. The van der Waals surface area contributed by atoms with E-state index in [1.54, 1.807) is 17.0 Å². The van der Waals surface area contributed by atoms with Gasteiger partial charge in [-0.25, -0.2) is 4.39 Å². The molecule has 0 atom stereocenters. The molecule has 0 aromatic heterocycles. The number of halogens is 1. The van der Waals surface area contributed by atoms with Crippen LogP contribution in [0.5, 0.6) is 0 Å². The van der Waals surface area contributed by atoms with Crippen molar-refractivity contribution in [2.45, 2.75) is 39.0 Å². The number of carboxylic acid groups (broad SMARTS) is 1. The van der Waals surface area contributed by atoms with Crippen LogP contribution in [0.3, 0.4) is 0 Å². The van der Waals surface area contributed by atoms with Crippen LogP contribution in [0.1, 0.15) is 38.2 Å². The van der Waals surface area contributed by atoms with Gasteiger partial charge in [0.1, 0.15) is 5.82 Å².